The van der Waals surface area contributed by atoms with Gasteiger partial charge in [0.25, 0.3) is 5.69 Å². The van der Waals surface area contributed by atoms with Gasteiger partial charge in [-0.15, -0.1) is 10.2 Å². The molecule has 1 fully saturated rings. The smallest absolute Gasteiger partial charge is 0.289 e. The number of nitro benzene ring substituents is 1. The Bertz CT molecular complexity index is 1280. The van der Waals surface area contributed by atoms with Crippen molar-refractivity contribution in [2.24, 2.45) is 0 Å². The lowest BCUT2D eigenvalue weighted by atomic mass is 10.2. The van der Waals surface area contributed by atoms with Crippen molar-refractivity contribution < 1.29 is 18.1 Å². The number of sulfonamides is 1. The molecule has 2 aromatic carbocycles. The van der Waals surface area contributed by atoms with Gasteiger partial charge in [-0.3, -0.25) is 20.2 Å². The molecule has 1 aliphatic heterocycles. The zero-order valence-electron chi connectivity index (χ0n) is 16.3. The summed E-state index contributed by atoms with van der Waals surface area (Å²) in [5, 5.41) is 22.5. The van der Waals surface area contributed by atoms with Crippen LogP contribution in [0, 0.1) is 10.1 Å². The summed E-state index contributed by atoms with van der Waals surface area (Å²) in [6, 6.07) is 11.6. The summed E-state index contributed by atoms with van der Waals surface area (Å²) in [5.74, 6) is -0.537. The lowest BCUT2D eigenvalue weighted by Crippen LogP contribution is -2.43. The Labute approximate surface area is 192 Å². The molecular weight excluding hydrogens is 478 g/mol. The molecular formula is C19H16ClN5O5S2. The number of nitrogens with one attached hydrogen (secondary N) is 1. The predicted molar refractivity (Wildman–Crippen MR) is 119 cm³/mol. The van der Waals surface area contributed by atoms with E-state index in [1.54, 1.807) is 0 Å². The van der Waals surface area contributed by atoms with Crippen LogP contribution in [0.3, 0.4) is 0 Å². The fourth-order valence-corrected chi connectivity index (χ4v) is 5.99. The molecule has 0 aliphatic carbocycles. The molecule has 13 heteroatoms. The van der Waals surface area contributed by atoms with Gasteiger partial charge in [0.2, 0.25) is 21.1 Å². The van der Waals surface area contributed by atoms with Gasteiger partial charge in [-0.1, -0.05) is 53.3 Å². The van der Waals surface area contributed by atoms with Gasteiger partial charge in [0.15, 0.2) is 0 Å². The third-order valence-electron chi connectivity index (χ3n) is 4.90. The van der Waals surface area contributed by atoms with Crippen LogP contribution in [0.1, 0.15) is 12.8 Å². The lowest BCUT2D eigenvalue weighted by Gasteiger charge is -2.22. The van der Waals surface area contributed by atoms with E-state index in [0.29, 0.717) is 17.8 Å². The van der Waals surface area contributed by atoms with Crippen LogP contribution in [-0.2, 0) is 14.8 Å². The summed E-state index contributed by atoms with van der Waals surface area (Å²) in [6.07, 6.45) is 0.781. The third-order valence-corrected chi connectivity index (χ3v) is 8.01. The Hall–Kier alpha value is -2.93. The predicted octanol–water partition coefficient (Wildman–Crippen LogP) is 3.56. The Morgan fingerprint density at radius 3 is 2.69 bits per heavy atom. The van der Waals surface area contributed by atoms with Crippen LogP contribution in [-0.4, -0.2) is 46.3 Å². The van der Waals surface area contributed by atoms with E-state index in [0.717, 1.165) is 22.0 Å². The van der Waals surface area contributed by atoms with Crippen molar-refractivity contribution in [3.63, 3.8) is 0 Å². The first-order valence-corrected chi connectivity index (χ1v) is 12.1. The van der Waals surface area contributed by atoms with Crippen LogP contribution in [0.15, 0.2) is 53.4 Å². The van der Waals surface area contributed by atoms with E-state index in [-0.39, 0.29) is 21.6 Å². The van der Waals surface area contributed by atoms with Gasteiger partial charge in [0, 0.05) is 18.2 Å². The molecule has 2 heterocycles. The Morgan fingerprint density at radius 2 is 1.97 bits per heavy atom. The van der Waals surface area contributed by atoms with Crippen LogP contribution in [0.2, 0.25) is 5.02 Å². The summed E-state index contributed by atoms with van der Waals surface area (Å²) in [5.41, 5.74) is 0.329. The van der Waals surface area contributed by atoms with E-state index in [9.17, 15) is 23.3 Å². The number of amides is 1. The van der Waals surface area contributed by atoms with Gasteiger partial charge >= 0.3 is 0 Å². The van der Waals surface area contributed by atoms with E-state index >= 15 is 0 Å². The minimum absolute atomic E-state index is 0.113. The molecule has 1 saturated heterocycles. The van der Waals surface area contributed by atoms with Crippen LogP contribution in [0.4, 0.5) is 10.8 Å². The van der Waals surface area contributed by atoms with Crippen LogP contribution in [0.5, 0.6) is 0 Å². The van der Waals surface area contributed by atoms with Gasteiger partial charge in [-0.25, -0.2) is 8.42 Å². The minimum Gasteiger partial charge on any atom is -0.299 e. The van der Waals surface area contributed by atoms with Crippen molar-refractivity contribution in [3.05, 3.63) is 63.7 Å². The van der Waals surface area contributed by atoms with Gasteiger partial charge in [0.1, 0.15) is 16.1 Å². The second-order valence-electron chi connectivity index (χ2n) is 6.91. The van der Waals surface area contributed by atoms with Crippen LogP contribution < -0.4 is 5.32 Å². The Kier molecular flexibility index (Phi) is 6.20. The number of halogens is 1. The molecule has 4 rings (SSSR count). The van der Waals surface area contributed by atoms with Gasteiger partial charge in [-0.2, -0.15) is 4.31 Å². The highest BCUT2D eigenvalue weighted by Gasteiger charge is 2.40. The van der Waals surface area contributed by atoms with Crippen molar-refractivity contribution in [2.75, 3.05) is 11.9 Å². The van der Waals surface area contributed by atoms with Crippen LogP contribution >= 0.6 is 22.9 Å². The number of benzene rings is 2. The molecule has 3 aromatic rings. The molecule has 1 unspecified atom stereocenters. The zero-order valence-corrected chi connectivity index (χ0v) is 18.7. The molecule has 0 saturated carbocycles. The van der Waals surface area contributed by atoms with E-state index in [1.807, 2.05) is 30.3 Å². The number of hydrogen-bond donors (Lipinski definition) is 1. The number of nitro groups is 1. The monoisotopic (exact) mass is 493 g/mol. The number of rotatable bonds is 6. The highest BCUT2D eigenvalue weighted by atomic mass is 35.5. The summed E-state index contributed by atoms with van der Waals surface area (Å²) >= 11 is 6.96. The molecule has 166 valence electrons. The first-order valence-electron chi connectivity index (χ1n) is 9.43. The molecule has 1 N–H and O–H groups in total. The summed E-state index contributed by atoms with van der Waals surface area (Å²) < 4.78 is 27.3. The molecule has 1 aromatic heterocycles. The minimum atomic E-state index is -4.16. The highest BCUT2D eigenvalue weighted by molar-refractivity contribution is 7.89. The first kappa shape index (κ1) is 22.3. The molecule has 0 bridgehead atoms. The van der Waals surface area contributed by atoms with Gasteiger partial charge in [0.05, 0.1) is 9.82 Å². The third kappa shape index (κ3) is 4.35. The molecule has 1 aliphatic rings. The fourth-order valence-electron chi connectivity index (χ4n) is 3.38. The van der Waals surface area contributed by atoms with Gasteiger partial charge in [-0.05, 0) is 25.0 Å². The maximum atomic E-state index is 13.1. The second kappa shape index (κ2) is 8.90. The van der Waals surface area contributed by atoms with E-state index in [2.05, 4.69) is 15.5 Å². The first-order chi connectivity index (χ1) is 15.3. The molecule has 10 nitrogen and oxygen atoms in total. The average Bonchev–Trinajstić information content (AvgIpc) is 3.44. The molecule has 32 heavy (non-hydrogen) atoms. The van der Waals surface area contributed by atoms with Crippen molar-refractivity contribution in [2.45, 2.75) is 23.8 Å². The number of carbonyl (C=O) groups is 1. The lowest BCUT2D eigenvalue weighted by molar-refractivity contribution is -0.384. The number of anilines is 1. The summed E-state index contributed by atoms with van der Waals surface area (Å²) in [7, 11) is -4.16. The van der Waals surface area contributed by atoms with Gasteiger partial charge < -0.3 is 0 Å². The molecule has 0 radical (unpaired) electrons. The SMILES string of the molecule is O=C(Nc1nnc(-c2ccccc2)s1)C1CCCN1S(=O)(=O)c1ccc(Cl)c([N+](=O)[O-])c1. The van der Waals surface area contributed by atoms with E-state index in [1.165, 1.54) is 17.4 Å². The zero-order chi connectivity index (χ0) is 22.9. The Balaban J connectivity index is 1.54. The largest absolute Gasteiger partial charge is 0.299 e. The van der Waals surface area contributed by atoms with Crippen molar-refractivity contribution in [3.8, 4) is 10.6 Å². The van der Waals surface area contributed by atoms with Crippen LogP contribution in [0.25, 0.3) is 10.6 Å². The quantitative estimate of drug-likeness (QED) is 0.409. The average molecular weight is 494 g/mol. The molecule has 0 spiro atoms. The Morgan fingerprint density at radius 1 is 1.22 bits per heavy atom. The standard InChI is InChI=1S/C19H16ClN5O5S2/c20-14-9-8-13(11-16(14)25(27)28)32(29,30)24-10-4-7-15(24)17(26)21-19-23-22-18(31-19)12-5-2-1-3-6-12/h1-3,5-6,8-9,11,15H,4,7,10H2,(H,21,23,26). The topological polar surface area (TPSA) is 135 Å². The summed E-state index contributed by atoms with van der Waals surface area (Å²) in [4.78, 5) is 23.0. The highest BCUT2D eigenvalue weighted by Crippen LogP contribution is 2.32. The van der Waals surface area contributed by atoms with E-state index in [4.69, 9.17) is 11.6 Å². The number of aromatic nitrogens is 2. The maximum absolute atomic E-state index is 13.1. The van der Waals surface area contributed by atoms with Crippen molar-refractivity contribution in [1.82, 2.24) is 14.5 Å². The second-order valence-corrected chi connectivity index (χ2v) is 10.2. The fraction of sp³-hybridized carbons (Fsp3) is 0.211. The normalized spacial score (nSPS) is 16.7. The van der Waals surface area contributed by atoms with Crippen molar-refractivity contribution in [1.29, 1.82) is 0 Å². The maximum Gasteiger partial charge on any atom is 0.289 e. The van der Waals surface area contributed by atoms with Crippen molar-refractivity contribution >= 4 is 49.7 Å². The molecule has 1 atom stereocenters. The molecule has 1 amide bonds. The number of nitrogens with zero attached hydrogens (tertiary/aromatic N) is 4. The number of carbonyl (C=O) groups excluding carboxylic acids is 1. The number of hydrogen-bond acceptors (Lipinski definition) is 8. The summed E-state index contributed by atoms with van der Waals surface area (Å²) in [6.45, 7) is 0.113. The van der Waals surface area contributed by atoms with E-state index < -0.39 is 32.6 Å².